The molecule has 1 atom stereocenters. The van der Waals surface area contributed by atoms with Crippen LogP contribution < -0.4 is 0 Å². The largest absolute Gasteiger partial charge is 0.466 e. The highest BCUT2D eigenvalue weighted by Gasteiger charge is 2.30. The van der Waals surface area contributed by atoms with E-state index < -0.39 is 21.3 Å². The van der Waals surface area contributed by atoms with Gasteiger partial charge in [0.05, 0.1) is 13.0 Å². The SMILES string of the molecule is O=C1CC(S(=O)(=O)O)CCO1. The Morgan fingerprint density at radius 1 is 1.55 bits per heavy atom. The van der Waals surface area contributed by atoms with Crippen molar-refractivity contribution in [1.82, 2.24) is 0 Å². The molecule has 0 amide bonds. The van der Waals surface area contributed by atoms with Gasteiger partial charge in [-0.05, 0) is 0 Å². The highest BCUT2D eigenvalue weighted by atomic mass is 32.2. The zero-order valence-electron chi connectivity index (χ0n) is 5.69. The third kappa shape index (κ3) is 2.16. The maximum atomic E-state index is 10.5. The molecule has 1 aliphatic rings. The Hall–Kier alpha value is -0.620. The zero-order valence-corrected chi connectivity index (χ0v) is 6.50. The molecule has 0 spiro atoms. The van der Waals surface area contributed by atoms with E-state index in [1.165, 1.54) is 0 Å². The van der Waals surface area contributed by atoms with Gasteiger partial charge >= 0.3 is 5.97 Å². The molecule has 0 aliphatic carbocycles. The van der Waals surface area contributed by atoms with Gasteiger partial charge in [-0.2, -0.15) is 8.42 Å². The van der Waals surface area contributed by atoms with Crippen LogP contribution in [-0.2, 0) is 19.6 Å². The average molecular weight is 180 g/mol. The summed E-state index contributed by atoms with van der Waals surface area (Å²) in [5.74, 6) is -0.570. The molecule has 11 heavy (non-hydrogen) atoms. The second-order valence-electron chi connectivity index (χ2n) is 2.35. The highest BCUT2D eigenvalue weighted by Crippen LogP contribution is 2.14. The van der Waals surface area contributed by atoms with E-state index in [0.29, 0.717) is 0 Å². The molecule has 0 aromatic carbocycles. The van der Waals surface area contributed by atoms with Crippen molar-refractivity contribution in [3.05, 3.63) is 0 Å². The molecule has 1 rings (SSSR count). The molecule has 64 valence electrons. The Morgan fingerprint density at radius 2 is 2.18 bits per heavy atom. The summed E-state index contributed by atoms with van der Waals surface area (Å²) in [6.45, 7) is 0.0727. The number of hydrogen-bond donors (Lipinski definition) is 1. The number of hydrogen-bond acceptors (Lipinski definition) is 4. The van der Waals surface area contributed by atoms with Crippen LogP contribution in [0.15, 0.2) is 0 Å². The number of carbonyl (C=O) groups excluding carboxylic acids is 1. The van der Waals surface area contributed by atoms with Crippen molar-refractivity contribution in [2.75, 3.05) is 6.61 Å². The summed E-state index contributed by atoms with van der Waals surface area (Å²) in [7, 11) is -4.06. The molecule has 0 aromatic rings. The number of esters is 1. The smallest absolute Gasteiger partial charge is 0.307 e. The van der Waals surface area contributed by atoms with Crippen LogP contribution in [0.5, 0.6) is 0 Å². The minimum atomic E-state index is -4.06. The van der Waals surface area contributed by atoms with Crippen LogP contribution in [0.2, 0.25) is 0 Å². The third-order valence-electron chi connectivity index (χ3n) is 1.52. The Kier molecular flexibility index (Phi) is 2.15. The van der Waals surface area contributed by atoms with Crippen molar-refractivity contribution < 1.29 is 22.5 Å². The first-order chi connectivity index (χ1) is 5.00. The lowest BCUT2D eigenvalue weighted by Crippen LogP contribution is -2.31. The van der Waals surface area contributed by atoms with Crippen LogP contribution in [0.4, 0.5) is 0 Å². The lowest BCUT2D eigenvalue weighted by atomic mass is 10.2. The van der Waals surface area contributed by atoms with E-state index in [2.05, 4.69) is 4.74 Å². The first-order valence-electron chi connectivity index (χ1n) is 3.12. The molecular formula is C5H8O5S. The number of ether oxygens (including phenoxy) is 1. The van der Waals surface area contributed by atoms with E-state index >= 15 is 0 Å². The van der Waals surface area contributed by atoms with Crippen molar-refractivity contribution in [2.45, 2.75) is 18.1 Å². The molecule has 0 radical (unpaired) electrons. The summed E-state index contributed by atoms with van der Waals surface area (Å²) in [4.78, 5) is 10.5. The molecule has 1 heterocycles. The molecule has 1 saturated heterocycles. The second-order valence-corrected chi connectivity index (χ2v) is 4.05. The van der Waals surface area contributed by atoms with Gasteiger partial charge in [-0.25, -0.2) is 0 Å². The number of carbonyl (C=O) groups is 1. The van der Waals surface area contributed by atoms with Crippen molar-refractivity contribution in [3.63, 3.8) is 0 Å². The van der Waals surface area contributed by atoms with Crippen molar-refractivity contribution >= 4 is 16.1 Å². The van der Waals surface area contributed by atoms with E-state index in [4.69, 9.17) is 4.55 Å². The minimum Gasteiger partial charge on any atom is -0.466 e. The molecule has 0 bridgehead atoms. The maximum absolute atomic E-state index is 10.5. The molecule has 1 unspecified atom stereocenters. The van der Waals surface area contributed by atoms with E-state index in [1.807, 2.05) is 0 Å². The summed E-state index contributed by atoms with van der Waals surface area (Å²) in [5.41, 5.74) is 0. The molecule has 1 fully saturated rings. The fraction of sp³-hybridized carbons (Fsp3) is 0.800. The summed E-state index contributed by atoms with van der Waals surface area (Å²) < 4.78 is 34.0. The van der Waals surface area contributed by atoms with Crippen LogP contribution in [-0.4, -0.2) is 30.8 Å². The van der Waals surface area contributed by atoms with E-state index in [-0.39, 0.29) is 19.4 Å². The first-order valence-corrected chi connectivity index (χ1v) is 4.62. The zero-order chi connectivity index (χ0) is 8.48. The predicted molar refractivity (Wildman–Crippen MR) is 35.5 cm³/mol. The molecule has 0 saturated carbocycles. The minimum absolute atomic E-state index is 0.0727. The van der Waals surface area contributed by atoms with Crippen LogP contribution >= 0.6 is 0 Å². The number of rotatable bonds is 1. The van der Waals surface area contributed by atoms with Gasteiger partial charge in [-0.3, -0.25) is 9.35 Å². The predicted octanol–water partition coefficient (Wildman–Crippen LogP) is -0.420. The Balaban J connectivity index is 2.68. The summed E-state index contributed by atoms with van der Waals surface area (Å²) in [5, 5.41) is -0.969. The Morgan fingerprint density at radius 3 is 2.55 bits per heavy atom. The van der Waals surface area contributed by atoms with Gasteiger partial charge in [0.15, 0.2) is 0 Å². The second kappa shape index (κ2) is 2.78. The van der Waals surface area contributed by atoms with E-state index in [0.717, 1.165) is 0 Å². The lowest BCUT2D eigenvalue weighted by molar-refractivity contribution is -0.146. The molecule has 6 heteroatoms. The topological polar surface area (TPSA) is 80.7 Å². The first kappa shape index (κ1) is 8.48. The van der Waals surface area contributed by atoms with Gasteiger partial charge < -0.3 is 4.74 Å². The fourth-order valence-corrected chi connectivity index (χ4v) is 1.65. The van der Waals surface area contributed by atoms with Gasteiger partial charge in [-0.15, -0.1) is 0 Å². The van der Waals surface area contributed by atoms with Gasteiger partial charge in [0.25, 0.3) is 10.1 Å². The number of cyclic esters (lactones) is 1. The Bertz CT molecular complexity index is 254. The normalized spacial score (nSPS) is 26.3. The third-order valence-corrected chi connectivity index (χ3v) is 2.76. The van der Waals surface area contributed by atoms with Crippen LogP contribution in [0.3, 0.4) is 0 Å². The van der Waals surface area contributed by atoms with Crippen LogP contribution in [0, 0.1) is 0 Å². The summed E-state index contributed by atoms with van der Waals surface area (Å²) >= 11 is 0. The maximum Gasteiger partial charge on any atom is 0.307 e. The molecule has 5 nitrogen and oxygen atoms in total. The summed E-state index contributed by atoms with van der Waals surface area (Å²) in [6, 6.07) is 0. The van der Waals surface area contributed by atoms with Crippen molar-refractivity contribution in [2.24, 2.45) is 0 Å². The van der Waals surface area contributed by atoms with Crippen LogP contribution in [0.25, 0.3) is 0 Å². The lowest BCUT2D eigenvalue weighted by Gasteiger charge is -2.17. The highest BCUT2D eigenvalue weighted by molar-refractivity contribution is 7.86. The van der Waals surface area contributed by atoms with Gasteiger partial charge in [0.1, 0.15) is 5.25 Å². The molecule has 1 aliphatic heterocycles. The Labute approximate surface area is 64.1 Å². The quantitative estimate of drug-likeness (QED) is 0.438. The van der Waals surface area contributed by atoms with E-state index in [1.54, 1.807) is 0 Å². The molecule has 1 N–H and O–H groups in total. The standard InChI is InChI=1S/C5H8O5S/c6-5-3-4(1-2-10-5)11(7,8)9/h4H,1-3H2,(H,7,8,9). The van der Waals surface area contributed by atoms with Gasteiger partial charge in [0.2, 0.25) is 0 Å². The molecular weight excluding hydrogens is 172 g/mol. The van der Waals surface area contributed by atoms with E-state index in [9.17, 15) is 13.2 Å². The van der Waals surface area contributed by atoms with Gasteiger partial charge in [0, 0.05) is 6.42 Å². The average Bonchev–Trinajstić information content (AvgIpc) is 1.86. The van der Waals surface area contributed by atoms with Crippen molar-refractivity contribution in [3.8, 4) is 0 Å². The molecule has 0 aromatic heterocycles. The van der Waals surface area contributed by atoms with Crippen molar-refractivity contribution in [1.29, 1.82) is 0 Å². The summed E-state index contributed by atoms with van der Waals surface area (Å²) in [6.07, 6.45) is -0.0522. The fourth-order valence-electron chi connectivity index (χ4n) is 0.905. The van der Waals surface area contributed by atoms with Gasteiger partial charge in [-0.1, -0.05) is 0 Å². The van der Waals surface area contributed by atoms with Crippen LogP contribution in [0.1, 0.15) is 12.8 Å². The monoisotopic (exact) mass is 180 g/mol.